The first-order chi connectivity index (χ1) is 14.4. The van der Waals surface area contributed by atoms with E-state index in [0.717, 1.165) is 17.2 Å². The average molecular weight is 404 g/mol. The van der Waals surface area contributed by atoms with Gasteiger partial charge in [-0.15, -0.1) is 0 Å². The van der Waals surface area contributed by atoms with E-state index in [-0.39, 0.29) is 18.0 Å². The molecule has 0 spiro atoms. The minimum Gasteiger partial charge on any atom is -0.372 e. The number of aliphatic hydroxyl groups is 1. The number of fused-ring (bicyclic) bond motifs is 1. The van der Waals surface area contributed by atoms with Crippen molar-refractivity contribution in [2.45, 2.75) is 19.1 Å². The van der Waals surface area contributed by atoms with Crippen LogP contribution in [0.4, 0.5) is 10.1 Å². The maximum atomic E-state index is 13.8. The first kappa shape index (κ1) is 19.8. The van der Waals surface area contributed by atoms with E-state index in [1.165, 1.54) is 23.1 Å². The van der Waals surface area contributed by atoms with Crippen LogP contribution in [0.25, 0.3) is 0 Å². The zero-order valence-electron chi connectivity index (χ0n) is 16.4. The number of carbonyl (C=O) groups is 2. The van der Waals surface area contributed by atoms with Crippen LogP contribution in [0.1, 0.15) is 22.3 Å². The molecule has 30 heavy (non-hydrogen) atoms. The standard InChI is InChI=1S/C24H21FN2O3/c1-16-9-11-17(12-10-16)14-26-22(28)15-27-21-8-3-2-7-20(21)24(30,23(27)29)18-5-4-6-19(25)13-18/h2-13,30H,14-15H2,1H3,(H,26,28)/t24-/m1/s1. The summed E-state index contributed by atoms with van der Waals surface area (Å²) in [4.78, 5) is 27.0. The van der Waals surface area contributed by atoms with Crippen LogP contribution >= 0.6 is 0 Å². The minimum atomic E-state index is -2.05. The lowest BCUT2D eigenvalue weighted by Crippen LogP contribution is -2.45. The molecule has 3 aromatic carbocycles. The number of anilines is 1. The Bertz CT molecular complexity index is 1110. The predicted octanol–water partition coefficient (Wildman–Crippen LogP) is 3.03. The topological polar surface area (TPSA) is 69.6 Å². The van der Waals surface area contributed by atoms with Crippen LogP contribution in [-0.2, 0) is 21.7 Å². The van der Waals surface area contributed by atoms with Gasteiger partial charge in [-0.05, 0) is 30.7 Å². The molecule has 1 aliphatic rings. The Morgan fingerprint density at radius 1 is 1.07 bits per heavy atom. The van der Waals surface area contributed by atoms with Crippen LogP contribution in [-0.4, -0.2) is 23.5 Å². The number of nitrogens with one attached hydrogen (secondary N) is 1. The lowest BCUT2D eigenvalue weighted by atomic mass is 9.87. The molecule has 2 N–H and O–H groups in total. The Morgan fingerprint density at radius 3 is 2.53 bits per heavy atom. The van der Waals surface area contributed by atoms with E-state index in [1.807, 2.05) is 31.2 Å². The van der Waals surface area contributed by atoms with Gasteiger partial charge in [0, 0.05) is 17.7 Å². The Labute approximate surface area is 173 Å². The van der Waals surface area contributed by atoms with Crippen LogP contribution in [0, 0.1) is 12.7 Å². The molecule has 0 unspecified atom stereocenters. The second-order valence-electron chi connectivity index (χ2n) is 7.39. The van der Waals surface area contributed by atoms with Crippen LogP contribution < -0.4 is 10.2 Å². The molecule has 6 heteroatoms. The molecular weight excluding hydrogens is 383 g/mol. The number of hydrogen-bond acceptors (Lipinski definition) is 3. The van der Waals surface area contributed by atoms with E-state index in [9.17, 15) is 19.1 Å². The van der Waals surface area contributed by atoms with Gasteiger partial charge in [-0.25, -0.2) is 4.39 Å². The van der Waals surface area contributed by atoms with Crippen molar-refractivity contribution in [1.29, 1.82) is 0 Å². The highest BCUT2D eigenvalue weighted by molar-refractivity contribution is 6.11. The predicted molar refractivity (Wildman–Crippen MR) is 111 cm³/mol. The molecular formula is C24H21FN2O3. The summed E-state index contributed by atoms with van der Waals surface area (Å²) < 4.78 is 13.8. The summed E-state index contributed by atoms with van der Waals surface area (Å²) in [5.74, 6) is -1.59. The van der Waals surface area contributed by atoms with Gasteiger partial charge in [-0.2, -0.15) is 0 Å². The molecule has 3 aromatic rings. The van der Waals surface area contributed by atoms with Gasteiger partial charge in [-0.3, -0.25) is 14.5 Å². The van der Waals surface area contributed by atoms with Crippen LogP contribution in [0.3, 0.4) is 0 Å². The monoisotopic (exact) mass is 404 g/mol. The van der Waals surface area contributed by atoms with Crippen molar-refractivity contribution in [3.63, 3.8) is 0 Å². The molecule has 5 nitrogen and oxygen atoms in total. The largest absolute Gasteiger partial charge is 0.372 e. The van der Waals surface area contributed by atoms with Crippen LogP contribution in [0.5, 0.6) is 0 Å². The molecule has 0 radical (unpaired) electrons. The third-order valence-corrected chi connectivity index (χ3v) is 5.29. The fourth-order valence-corrected chi connectivity index (χ4v) is 3.69. The Kier molecular flexibility index (Phi) is 5.10. The van der Waals surface area contributed by atoms with Crippen LogP contribution in [0.2, 0.25) is 0 Å². The number of hydrogen-bond donors (Lipinski definition) is 2. The summed E-state index contributed by atoms with van der Waals surface area (Å²) in [5, 5.41) is 14.1. The lowest BCUT2D eigenvalue weighted by Gasteiger charge is -2.23. The van der Waals surface area contributed by atoms with E-state index in [4.69, 9.17) is 0 Å². The smallest absolute Gasteiger partial charge is 0.268 e. The van der Waals surface area contributed by atoms with Gasteiger partial charge in [0.2, 0.25) is 5.91 Å². The summed E-state index contributed by atoms with van der Waals surface area (Å²) in [6.07, 6.45) is 0. The molecule has 0 aliphatic carbocycles. The molecule has 1 aliphatic heterocycles. The van der Waals surface area contributed by atoms with Gasteiger partial charge < -0.3 is 10.4 Å². The Balaban J connectivity index is 1.57. The number of carbonyl (C=O) groups excluding carboxylic acids is 2. The van der Waals surface area contributed by atoms with Crippen molar-refractivity contribution in [2.24, 2.45) is 0 Å². The molecule has 4 rings (SSSR count). The third-order valence-electron chi connectivity index (χ3n) is 5.29. The van der Waals surface area contributed by atoms with Crippen molar-refractivity contribution < 1.29 is 19.1 Å². The number of amides is 2. The first-order valence-corrected chi connectivity index (χ1v) is 9.62. The van der Waals surface area contributed by atoms with Crippen molar-refractivity contribution in [3.8, 4) is 0 Å². The zero-order valence-corrected chi connectivity index (χ0v) is 16.4. The van der Waals surface area contributed by atoms with E-state index in [1.54, 1.807) is 24.3 Å². The maximum Gasteiger partial charge on any atom is 0.268 e. The summed E-state index contributed by atoms with van der Waals surface area (Å²) in [5.41, 5.74) is 0.907. The summed E-state index contributed by atoms with van der Waals surface area (Å²) in [7, 11) is 0. The fraction of sp³-hybridized carbons (Fsp3) is 0.167. The van der Waals surface area contributed by atoms with Crippen LogP contribution in [0.15, 0.2) is 72.8 Å². The zero-order chi connectivity index (χ0) is 21.3. The number of para-hydroxylation sites is 1. The van der Waals surface area contributed by atoms with Gasteiger partial charge in [0.1, 0.15) is 12.4 Å². The number of benzene rings is 3. The number of aryl methyl sites for hydroxylation is 1. The van der Waals surface area contributed by atoms with E-state index in [2.05, 4.69) is 5.32 Å². The van der Waals surface area contributed by atoms with Crippen molar-refractivity contribution in [1.82, 2.24) is 5.32 Å². The van der Waals surface area contributed by atoms with E-state index < -0.39 is 17.3 Å². The van der Waals surface area contributed by atoms with Gasteiger partial charge in [-0.1, -0.05) is 60.2 Å². The van der Waals surface area contributed by atoms with Gasteiger partial charge in [0.15, 0.2) is 5.60 Å². The second kappa shape index (κ2) is 7.72. The normalized spacial score (nSPS) is 17.7. The molecule has 0 fully saturated rings. The molecule has 0 aromatic heterocycles. The molecule has 0 saturated carbocycles. The molecule has 2 amide bonds. The van der Waals surface area contributed by atoms with E-state index in [0.29, 0.717) is 17.8 Å². The van der Waals surface area contributed by atoms with Gasteiger partial charge >= 0.3 is 0 Å². The molecule has 0 saturated heterocycles. The quantitative estimate of drug-likeness (QED) is 0.687. The highest BCUT2D eigenvalue weighted by Crippen LogP contribution is 2.44. The highest BCUT2D eigenvalue weighted by Gasteiger charge is 2.51. The number of halogens is 1. The highest BCUT2D eigenvalue weighted by atomic mass is 19.1. The minimum absolute atomic E-state index is 0.127. The fourth-order valence-electron chi connectivity index (χ4n) is 3.69. The average Bonchev–Trinajstić information content (AvgIpc) is 2.96. The number of rotatable bonds is 5. The second-order valence-corrected chi connectivity index (χ2v) is 7.39. The summed E-state index contributed by atoms with van der Waals surface area (Å²) in [6.45, 7) is 2.06. The molecule has 1 heterocycles. The van der Waals surface area contributed by atoms with Gasteiger partial charge in [0.25, 0.3) is 5.91 Å². The first-order valence-electron chi connectivity index (χ1n) is 9.62. The summed E-state index contributed by atoms with van der Waals surface area (Å²) in [6, 6.07) is 19.8. The molecule has 0 bridgehead atoms. The third kappa shape index (κ3) is 3.46. The van der Waals surface area contributed by atoms with Gasteiger partial charge in [0.05, 0.1) is 5.69 Å². The van der Waals surface area contributed by atoms with Crippen molar-refractivity contribution in [2.75, 3.05) is 11.4 Å². The van der Waals surface area contributed by atoms with E-state index >= 15 is 0 Å². The van der Waals surface area contributed by atoms with Crippen molar-refractivity contribution in [3.05, 3.63) is 101 Å². The van der Waals surface area contributed by atoms with Crippen molar-refractivity contribution >= 4 is 17.5 Å². The Hall–Kier alpha value is -3.51. The number of nitrogens with zero attached hydrogens (tertiary/aromatic N) is 1. The summed E-state index contributed by atoms with van der Waals surface area (Å²) >= 11 is 0. The molecule has 1 atom stereocenters. The SMILES string of the molecule is Cc1ccc(CNC(=O)CN2C(=O)[C@@](O)(c3cccc(F)c3)c3ccccc32)cc1. The maximum absolute atomic E-state index is 13.8. The lowest BCUT2D eigenvalue weighted by molar-refractivity contribution is -0.133. The Morgan fingerprint density at radius 2 is 1.80 bits per heavy atom. The molecule has 152 valence electrons.